The zero-order valence-corrected chi connectivity index (χ0v) is 10.2. The molecule has 0 radical (unpaired) electrons. The lowest BCUT2D eigenvalue weighted by Gasteiger charge is -2.27. The molecule has 0 amide bonds. The molecule has 0 spiro atoms. The SMILES string of the molecule is CCC(N)CCN(C)CC1CCOCC1. The molecule has 1 aliphatic rings. The predicted molar refractivity (Wildman–Crippen MR) is 63.9 cm³/mol. The maximum absolute atomic E-state index is 5.91. The Morgan fingerprint density at radius 1 is 1.40 bits per heavy atom. The number of ether oxygens (including phenoxy) is 1. The van der Waals surface area contributed by atoms with E-state index >= 15 is 0 Å². The molecule has 1 aliphatic heterocycles. The minimum absolute atomic E-state index is 0.377. The van der Waals surface area contributed by atoms with Crippen LogP contribution in [0.3, 0.4) is 0 Å². The van der Waals surface area contributed by atoms with Crippen molar-refractivity contribution < 1.29 is 4.74 Å². The molecule has 0 bridgehead atoms. The molecule has 0 aromatic rings. The van der Waals surface area contributed by atoms with E-state index < -0.39 is 0 Å². The molecule has 3 nitrogen and oxygen atoms in total. The topological polar surface area (TPSA) is 38.5 Å². The molecule has 15 heavy (non-hydrogen) atoms. The van der Waals surface area contributed by atoms with Crippen molar-refractivity contribution in [1.29, 1.82) is 0 Å². The van der Waals surface area contributed by atoms with Crippen molar-refractivity contribution in [2.45, 2.75) is 38.6 Å². The molecule has 1 saturated heterocycles. The van der Waals surface area contributed by atoms with Crippen LogP contribution in [0.15, 0.2) is 0 Å². The fourth-order valence-corrected chi connectivity index (χ4v) is 2.05. The van der Waals surface area contributed by atoms with E-state index in [9.17, 15) is 0 Å². The van der Waals surface area contributed by atoms with Gasteiger partial charge in [-0.2, -0.15) is 0 Å². The first kappa shape index (κ1) is 12.9. The van der Waals surface area contributed by atoms with E-state index in [-0.39, 0.29) is 0 Å². The van der Waals surface area contributed by atoms with E-state index in [0.717, 1.165) is 38.5 Å². The summed E-state index contributed by atoms with van der Waals surface area (Å²) in [6.45, 7) is 6.40. The van der Waals surface area contributed by atoms with Crippen LogP contribution in [0.1, 0.15) is 32.6 Å². The summed E-state index contributed by atoms with van der Waals surface area (Å²) in [5.41, 5.74) is 5.91. The normalized spacial score (nSPS) is 20.8. The summed E-state index contributed by atoms with van der Waals surface area (Å²) in [6, 6.07) is 0.377. The molecule has 1 unspecified atom stereocenters. The zero-order chi connectivity index (χ0) is 11.1. The first-order valence-electron chi connectivity index (χ1n) is 6.24. The minimum atomic E-state index is 0.377. The second kappa shape index (κ2) is 7.20. The highest BCUT2D eigenvalue weighted by atomic mass is 16.5. The van der Waals surface area contributed by atoms with E-state index in [1.165, 1.54) is 19.4 Å². The minimum Gasteiger partial charge on any atom is -0.381 e. The Kier molecular flexibility index (Phi) is 6.22. The Labute approximate surface area is 94.0 Å². The van der Waals surface area contributed by atoms with Crippen LogP contribution in [-0.2, 0) is 4.74 Å². The number of hydrogen-bond donors (Lipinski definition) is 1. The average molecular weight is 214 g/mol. The van der Waals surface area contributed by atoms with E-state index in [1.807, 2.05) is 0 Å². The van der Waals surface area contributed by atoms with E-state index in [4.69, 9.17) is 10.5 Å². The number of nitrogens with zero attached hydrogens (tertiary/aromatic N) is 1. The smallest absolute Gasteiger partial charge is 0.0469 e. The second-order valence-electron chi connectivity index (χ2n) is 4.77. The van der Waals surface area contributed by atoms with Gasteiger partial charge in [0.2, 0.25) is 0 Å². The molecule has 1 atom stereocenters. The van der Waals surface area contributed by atoms with Crippen LogP contribution in [0.5, 0.6) is 0 Å². The van der Waals surface area contributed by atoms with E-state index in [0.29, 0.717) is 6.04 Å². The monoisotopic (exact) mass is 214 g/mol. The molecule has 3 heteroatoms. The standard InChI is InChI=1S/C12H26N2O/c1-3-12(13)4-7-14(2)10-11-5-8-15-9-6-11/h11-12H,3-10,13H2,1-2H3. The van der Waals surface area contributed by atoms with Crippen molar-refractivity contribution in [2.75, 3.05) is 33.4 Å². The maximum atomic E-state index is 5.91. The molecule has 0 aromatic heterocycles. The zero-order valence-electron chi connectivity index (χ0n) is 10.2. The third-order valence-electron chi connectivity index (χ3n) is 3.32. The second-order valence-corrected chi connectivity index (χ2v) is 4.77. The van der Waals surface area contributed by atoms with Crippen molar-refractivity contribution in [1.82, 2.24) is 4.90 Å². The van der Waals surface area contributed by atoms with Gasteiger partial charge in [-0.1, -0.05) is 6.92 Å². The fraction of sp³-hybridized carbons (Fsp3) is 1.00. The summed E-state index contributed by atoms with van der Waals surface area (Å²) in [6.07, 6.45) is 4.66. The molecular formula is C12H26N2O. The summed E-state index contributed by atoms with van der Waals surface area (Å²) in [7, 11) is 2.21. The van der Waals surface area contributed by atoms with Crippen LogP contribution in [0.2, 0.25) is 0 Å². The summed E-state index contributed by atoms with van der Waals surface area (Å²) >= 11 is 0. The summed E-state index contributed by atoms with van der Waals surface area (Å²) in [4.78, 5) is 2.42. The number of nitrogens with two attached hydrogens (primary N) is 1. The molecule has 0 saturated carbocycles. The Morgan fingerprint density at radius 2 is 2.07 bits per heavy atom. The first-order chi connectivity index (χ1) is 7.22. The highest BCUT2D eigenvalue weighted by molar-refractivity contribution is 4.68. The molecule has 2 N–H and O–H groups in total. The molecule has 1 heterocycles. The van der Waals surface area contributed by atoms with Gasteiger partial charge in [-0.25, -0.2) is 0 Å². The van der Waals surface area contributed by atoms with Gasteiger partial charge in [0, 0.05) is 25.8 Å². The van der Waals surface area contributed by atoms with Gasteiger partial charge in [0.15, 0.2) is 0 Å². The number of rotatable bonds is 6. The van der Waals surface area contributed by atoms with Crippen molar-refractivity contribution >= 4 is 0 Å². The molecule has 0 aliphatic carbocycles. The predicted octanol–water partition coefficient (Wildman–Crippen LogP) is 1.47. The van der Waals surface area contributed by atoms with Crippen molar-refractivity contribution in [3.05, 3.63) is 0 Å². The molecule has 0 aromatic carbocycles. The fourth-order valence-electron chi connectivity index (χ4n) is 2.05. The van der Waals surface area contributed by atoms with Crippen LogP contribution in [0.4, 0.5) is 0 Å². The Balaban J connectivity index is 2.08. The maximum Gasteiger partial charge on any atom is 0.0469 e. The third-order valence-corrected chi connectivity index (χ3v) is 3.32. The summed E-state index contributed by atoms with van der Waals surface area (Å²) < 4.78 is 5.36. The Morgan fingerprint density at radius 3 is 2.67 bits per heavy atom. The van der Waals surface area contributed by atoms with Crippen LogP contribution in [0.25, 0.3) is 0 Å². The number of hydrogen-bond acceptors (Lipinski definition) is 3. The van der Waals surface area contributed by atoms with Crippen molar-refractivity contribution in [2.24, 2.45) is 11.7 Å². The molecular weight excluding hydrogens is 188 g/mol. The Hall–Kier alpha value is -0.120. The van der Waals surface area contributed by atoms with Gasteiger partial charge < -0.3 is 15.4 Å². The van der Waals surface area contributed by atoms with E-state index in [1.54, 1.807) is 0 Å². The van der Waals surface area contributed by atoms with Gasteiger partial charge in [-0.3, -0.25) is 0 Å². The van der Waals surface area contributed by atoms with Crippen LogP contribution in [-0.4, -0.2) is 44.3 Å². The van der Waals surface area contributed by atoms with Gasteiger partial charge >= 0.3 is 0 Å². The quantitative estimate of drug-likeness (QED) is 0.728. The molecule has 90 valence electrons. The molecule has 1 rings (SSSR count). The van der Waals surface area contributed by atoms with Crippen LogP contribution >= 0.6 is 0 Å². The van der Waals surface area contributed by atoms with Gasteiger partial charge in [0.05, 0.1) is 0 Å². The molecule has 1 fully saturated rings. The lowest BCUT2D eigenvalue weighted by atomic mass is 10.00. The highest BCUT2D eigenvalue weighted by Gasteiger charge is 2.15. The lowest BCUT2D eigenvalue weighted by molar-refractivity contribution is 0.0554. The van der Waals surface area contributed by atoms with Gasteiger partial charge in [0.1, 0.15) is 0 Å². The van der Waals surface area contributed by atoms with Crippen molar-refractivity contribution in [3.63, 3.8) is 0 Å². The Bertz CT molecular complexity index is 158. The van der Waals surface area contributed by atoms with E-state index in [2.05, 4.69) is 18.9 Å². The van der Waals surface area contributed by atoms with Crippen molar-refractivity contribution in [3.8, 4) is 0 Å². The van der Waals surface area contributed by atoms with Crippen LogP contribution in [0, 0.1) is 5.92 Å². The van der Waals surface area contributed by atoms with Gasteiger partial charge in [-0.15, -0.1) is 0 Å². The average Bonchev–Trinajstić information content (AvgIpc) is 2.27. The third kappa shape index (κ3) is 5.50. The highest BCUT2D eigenvalue weighted by Crippen LogP contribution is 2.15. The largest absolute Gasteiger partial charge is 0.381 e. The van der Waals surface area contributed by atoms with Gasteiger partial charge in [-0.05, 0) is 45.2 Å². The summed E-state index contributed by atoms with van der Waals surface area (Å²) in [5.74, 6) is 0.835. The van der Waals surface area contributed by atoms with Gasteiger partial charge in [0.25, 0.3) is 0 Å². The first-order valence-corrected chi connectivity index (χ1v) is 6.24. The summed E-state index contributed by atoms with van der Waals surface area (Å²) in [5, 5.41) is 0. The van der Waals surface area contributed by atoms with Crippen LogP contribution < -0.4 is 5.73 Å². The lowest BCUT2D eigenvalue weighted by Crippen LogP contribution is -2.33.